The quantitative estimate of drug-likeness (QED) is 0.446. The average molecular weight is 296 g/mol. The van der Waals surface area contributed by atoms with Crippen molar-refractivity contribution in [3.63, 3.8) is 0 Å². The van der Waals surface area contributed by atoms with Gasteiger partial charge in [-0.05, 0) is 0 Å². The smallest absolute Gasteiger partial charge is 0.0594 e. The molecule has 5 heteroatoms. The van der Waals surface area contributed by atoms with Crippen molar-refractivity contribution in [3.8, 4) is 0 Å². The zero-order valence-corrected chi connectivity index (χ0v) is 12.7. The first-order valence-corrected chi connectivity index (χ1v) is 6.26. The molecule has 0 saturated carbocycles. The molecule has 0 spiro atoms. The normalized spacial score (nSPS) is 17.3. The van der Waals surface area contributed by atoms with Crippen molar-refractivity contribution in [2.24, 2.45) is 0 Å². The summed E-state index contributed by atoms with van der Waals surface area (Å²) in [6.45, 7) is 5.19. The summed E-state index contributed by atoms with van der Waals surface area (Å²) in [5.74, 6) is 1.17. The monoisotopic (exact) mass is 296 g/mol. The number of morpholine rings is 1. The molecule has 1 heterocycles. The fourth-order valence-corrected chi connectivity index (χ4v) is 2.08. The molecule has 0 aromatic rings. The van der Waals surface area contributed by atoms with Crippen LogP contribution in [0, 0.1) is 13.7 Å². The fraction of sp³-hybridized carbons (Fsp3) is 0.750. The van der Waals surface area contributed by atoms with Crippen LogP contribution < -0.4 is 0 Å². The molecule has 0 aromatic carbocycles. The summed E-state index contributed by atoms with van der Waals surface area (Å²) in [6, 6.07) is 0. The Kier molecular flexibility index (Phi) is 15.5. The van der Waals surface area contributed by atoms with Crippen LogP contribution in [-0.2, 0) is 37.4 Å². The molecular weight excluding hydrogens is 279 g/mol. The summed E-state index contributed by atoms with van der Waals surface area (Å²) in [4.78, 5) is 2.44. The number of hydrogen-bond donors (Lipinski definition) is 0. The number of rotatable bonds is 4. The largest absolute Gasteiger partial charge is 0.379 e. The molecular formula is C8H17NOS2Y-2. The molecule has 1 fully saturated rings. The Hall–Kier alpha value is 1.72. The van der Waals surface area contributed by atoms with Gasteiger partial charge < -0.3 is 12.2 Å². The Balaban J connectivity index is 0. The molecule has 77 valence electrons. The molecule has 0 atom stereocenters. The van der Waals surface area contributed by atoms with Crippen LogP contribution in [0.2, 0.25) is 0 Å². The van der Waals surface area contributed by atoms with Gasteiger partial charge in [0.2, 0.25) is 0 Å². The van der Waals surface area contributed by atoms with E-state index in [0.29, 0.717) is 0 Å². The third-order valence-electron chi connectivity index (χ3n) is 1.68. The maximum absolute atomic E-state index is 5.24. The van der Waals surface area contributed by atoms with Gasteiger partial charge in [-0.15, -0.1) is 10.8 Å². The van der Waals surface area contributed by atoms with Gasteiger partial charge in [0.1, 0.15) is 0 Å². The van der Waals surface area contributed by atoms with Crippen molar-refractivity contribution in [1.82, 2.24) is 4.90 Å². The minimum absolute atomic E-state index is 0. The summed E-state index contributed by atoms with van der Waals surface area (Å²) in [5, 5.41) is 0. The summed E-state index contributed by atoms with van der Waals surface area (Å²) in [5.41, 5.74) is 0. The summed E-state index contributed by atoms with van der Waals surface area (Å²) >= 11 is 0. The Morgan fingerprint density at radius 3 is 2.46 bits per heavy atom. The van der Waals surface area contributed by atoms with Crippen LogP contribution in [0.3, 0.4) is 0 Å². The van der Waals surface area contributed by atoms with Gasteiger partial charge in [0.05, 0.1) is 13.2 Å². The van der Waals surface area contributed by atoms with Gasteiger partial charge in [0.25, 0.3) is 0 Å². The second-order valence-electron chi connectivity index (χ2n) is 2.39. The molecule has 0 N–H and O–H groups in total. The van der Waals surface area contributed by atoms with E-state index in [0.717, 1.165) is 26.3 Å². The van der Waals surface area contributed by atoms with Crippen LogP contribution in [0.25, 0.3) is 0 Å². The summed E-state index contributed by atoms with van der Waals surface area (Å²) < 4.78 is 5.24. The fourth-order valence-electron chi connectivity index (χ4n) is 1.05. The summed E-state index contributed by atoms with van der Waals surface area (Å²) in [7, 11) is 3.42. The Morgan fingerprint density at radius 1 is 1.31 bits per heavy atom. The molecule has 0 amide bonds. The number of nitrogens with zero attached hydrogens (tertiary/aromatic N) is 1. The van der Waals surface area contributed by atoms with Crippen molar-refractivity contribution in [2.45, 2.75) is 0 Å². The van der Waals surface area contributed by atoms with E-state index in [1.54, 1.807) is 10.8 Å². The topological polar surface area (TPSA) is 12.5 Å². The third kappa shape index (κ3) is 8.70. The molecule has 0 aromatic heterocycles. The zero-order valence-electron chi connectivity index (χ0n) is 8.20. The van der Waals surface area contributed by atoms with Crippen LogP contribution >= 0.6 is 21.6 Å². The first kappa shape index (κ1) is 17.1. The molecule has 1 rings (SSSR count). The first-order valence-electron chi connectivity index (χ1n) is 3.77. The number of hydrogen-bond acceptors (Lipinski definition) is 4. The first-order chi connectivity index (χ1) is 5.43. The Morgan fingerprint density at radius 2 is 1.92 bits per heavy atom. The molecule has 0 unspecified atom stereocenters. The molecule has 1 aliphatic heterocycles. The predicted octanol–water partition coefficient (Wildman–Crippen LogP) is 1.94. The second kappa shape index (κ2) is 11.8. The van der Waals surface area contributed by atoms with E-state index >= 15 is 0 Å². The minimum atomic E-state index is 0. The predicted molar refractivity (Wildman–Crippen MR) is 59.1 cm³/mol. The van der Waals surface area contributed by atoms with Crippen molar-refractivity contribution < 1.29 is 37.4 Å². The molecule has 1 aliphatic rings. The van der Waals surface area contributed by atoms with Gasteiger partial charge >= 0.3 is 0 Å². The van der Waals surface area contributed by atoms with Crippen LogP contribution in [0.1, 0.15) is 0 Å². The van der Waals surface area contributed by atoms with Crippen molar-refractivity contribution in [2.75, 3.05) is 38.6 Å². The second-order valence-corrected chi connectivity index (χ2v) is 4.69. The Labute approximate surface area is 115 Å². The van der Waals surface area contributed by atoms with Gasteiger partial charge in [-0.2, -0.15) is 0 Å². The molecule has 2 nitrogen and oxygen atoms in total. The van der Waals surface area contributed by atoms with Gasteiger partial charge in [0, 0.05) is 58.1 Å². The summed E-state index contributed by atoms with van der Waals surface area (Å²) in [6.07, 6.45) is 3.70. The van der Waals surface area contributed by atoms with Gasteiger partial charge in [-0.1, -0.05) is 0 Å². The molecule has 1 saturated heterocycles. The SMILES string of the molecule is [CH2-]SSCCN1CCOCC1.[CH3-].[Y]. The van der Waals surface area contributed by atoms with E-state index in [-0.39, 0.29) is 40.1 Å². The maximum atomic E-state index is 5.24. The molecule has 0 bridgehead atoms. The van der Waals surface area contributed by atoms with Gasteiger partial charge in [-0.3, -0.25) is 21.9 Å². The Bertz CT molecular complexity index is 102. The van der Waals surface area contributed by atoms with Gasteiger partial charge in [0.15, 0.2) is 0 Å². The zero-order chi connectivity index (χ0) is 7.94. The van der Waals surface area contributed by atoms with E-state index in [9.17, 15) is 0 Å². The molecule has 13 heavy (non-hydrogen) atoms. The van der Waals surface area contributed by atoms with E-state index < -0.39 is 0 Å². The maximum Gasteiger partial charge on any atom is 0.0594 e. The van der Waals surface area contributed by atoms with Crippen molar-refractivity contribution >= 4 is 21.6 Å². The average Bonchev–Trinajstić information content (AvgIpc) is 2.07. The molecule has 1 radical (unpaired) electrons. The molecule has 0 aliphatic carbocycles. The van der Waals surface area contributed by atoms with Crippen LogP contribution in [-0.4, -0.2) is 43.5 Å². The van der Waals surface area contributed by atoms with Crippen LogP contribution in [0.5, 0.6) is 0 Å². The van der Waals surface area contributed by atoms with E-state index in [1.165, 1.54) is 12.3 Å². The van der Waals surface area contributed by atoms with Crippen LogP contribution in [0.4, 0.5) is 0 Å². The minimum Gasteiger partial charge on any atom is -0.379 e. The van der Waals surface area contributed by atoms with E-state index in [2.05, 4.69) is 11.2 Å². The van der Waals surface area contributed by atoms with E-state index in [4.69, 9.17) is 4.74 Å². The van der Waals surface area contributed by atoms with Crippen molar-refractivity contribution in [1.29, 1.82) is 0 Å². The van der Waals surface area contributed by atoms with Crippen LogP contribution in [0.15, 0.2) is 0 Å². The number of ether oxygens (including phenoxy) is 1. The van der Waals surface area contributed by atoms with E-state index in [1.807, 2.05) is 10.8 Å². The van der Waals surface area contributed by atoms with Crippen molar-refractivity contribution in [3.05, 3.63) is 13.7 Å². The van der Waals surface area contributed by atoms with Gasteiger partial charge in [-0.25, -0.2) is 0 Å². The standard InChI is InChI=1S/C7H14NOS2.CH3.Y/c1-10-11-7-4-8-2-5-9-6-3-8;;/h1-7H2;1H3;/q2*-1;. The third-order valence-corrected chi connectivity index (χ3v) is 3.19.